The Kier molecular flexibility index (Phi) is 3.31. The van der Waals surface area contributed by atoms with Crippen molar-refractivity contribution in [2.45, 2.75) is 0 Å². The van der Waals surface area contributed by atoms with E-state index in [0.717, 1.165) is 28.0 Å². The molecule has 3 aromatic rings. The third kappa shape index (κ3) is 2.46. The Bertz CT molecular complexity index is 750. The number of thiazole rings is 1. The normalized spacial score (nSPS) is 10.4. The van der Waals surface area contributed by atoms with Crippen LogP contribution < -0.4 is 0 Å². The van der Waals surface area contributed by atoms with E-state index in [1.165, 1.54) is 0 Å². The summed E-state index contributed by atoms with van der Waals surface area (Å²) < 4.78 is 0. The first kappa shape index (κ1) is 12.6. The summed E-state index contributed by atoms with van der Waals surface area (Å²) in [6.45, 7) is 0. The number of carboxylic acids is 1. The van der Waals surface area contributed by atoms with Crippen molar-refractivity contribution in [1.82, 2.24) is 4.98 Å². The van der Waals surface area contributed by atoms with Crippen LogP contribution in [0, 0.1) is 0 Å². The van der Waals surface area contributed by atoms with Crippen molar-refractivity contribution in [3.8, 4) is 22.4 Å². The molecule has 0 aliphatic carbocycles. The van der Waals surface area contributed by atoms with E-state index in [1.54, 1.807) is 5.38 Å². The molecule has 0 aliphatic heterocycles. The zero-order valence-electron chi connectivity index (χ0n) is 10.5. The number of hydrogen-bond donors (Lipinski definition) is 1. The largest absolute Gasteiger partial charge is 0.476 e. The Balaban J connectivity index is 2.01. The zero-order chi connectivity index (χ0) is 13.9. The highest BCUT2D eigenvalue weighted by Crippen LogP contribution is 2.27. The number of benzene rings is 2. The van der Waals surface area contributed by atoms with Gasteiger partial charge in [-0.2, -0.15) is 0 Å². The summed E-state index contributed by atoms with van der Waals surface area (Å²) in [7, 11) is 0. The van der Waals surface area contributed by atoms with Crippen LogP contribution in [0.2, 0.25) is 0 Å². The van der Waals surface area contributed by atoms with Gasteiger partial charge in [0.25, 0.3) is 0 Å². The Morgan fingerprint density at radius 2 is 1.65 bits per heavy atom. The van der Waals surface area contributed by atoms with E-state index >= 15 is 0 Å². The third-order valence-corrected chi connectivity index (χ3v) is 3.78. The molecule has 0 atom stereocenters. The van der Waals surface area contributed by atoms with Gasteiger partial charge in [-0.05, 0) is 17.2 Å². The van der Waals surface area contributed by atoms with E-state index in [-0.39, 0.29) is 5.01 Å². The highest BCUT2D eigenvalue weighted by Gasteiger charge is 2.10. The lowest BCUT2D eigenvalue weighted by Crippen LogP contribution is -1.94. The van der Waals surface area contributed by atoms with E-state index in [1.807, 2.05) is 54.6 Å². The number of rotatable bonds is 3. The molecule has 3 nitrogen and oxygen atoms in total. The van der Waals surface area contributed by atoms with Gasteiger partial charge in [0.05, 0.1) is 5.69 Å². The van der Waals surface area contributed by atoms with Gasteiger partial charge in [0.2, 0.25) is 5.01 Å². The molecule has 0 saturated carbocycles. The first-order valence-corrected chi connectivity index (χ1v) is 6.97. The van der Waals surface area contributed by atoms with Crippen LogP contribution in [-0.2, 0) is 0 Å². The van der Waals surface area contributed by atoms with Gasteiger partial charge >= 0.3 is 5.97 Å². The van der Waals surface area contributed by atoms with Gasteiger partial charge in [-0.3, -0.25) is 0 Å². The first-order valence-electron chi connectivity index (χ1n) is 6.09. The summed E-state index contributed by atoms with van der Waals surface area (Å²) >= 11 is 1.14. The van der Waals surface area contributed by atoms with Crippen LogP contribution in [-0.4, -0.2) is 16.1 Å². The molecule has 1 aromatic heterocycles. The smallest absolute Gasteiger partial charge is 0.365 e. The number of hydrogen-bond acceptors (Lipinski definition) is 3. The van der Waals surface area contributed by atoms with Gasteiger partial charge in [-0.1, -0.05) is 48.5 Å². The average molecular weight is 281 g/mol. The Hall–Kier alpha value is -2.46. The van der Waals surface area contributed by atoms with Crippen LogP contribution >= 0.6 is 11.3 Å². The lowest BCUT2D eigenvalue weighted by atomic mass is 10.0. The van der Waals surface area contributed by atoms with Crippen LogP contribution in [0.4, 0.5) is 0 Å². The van der Waals surface area contributed by atoms with Crippen molar-refractivity contribution in [2.75, 3.05) is 0 Å². The fraction of sp³-hybridized carbons (Fsp3) is 0. The van der Waals surface area contributed by atoms with E-state index < -0.39 is 5.97 Å². The molecule has 0 radical (unpaired) electrons. The summed E-state index contributed by atoms with van der Waals surface area (Å²) in [4.78, 5) is 15.0. The molecule has 0 amide bonds. The van der Waals surface area contributed by atoms with Crippen molar-refractivity contribution in [3.63, 3.8) is 0 Å². The van der Waals surface area contributed by atoms with Crippen LogP contribution in [0.25, 0.3) is 22.4 Å². The second kappa shape index (κ2) is 5.27. The highest BCUT2D eigenvalue weighted by atomic mass is 32.1. The number of aromatic nitrogens is 1. The Morgan fingerprint density at radius 3 is 2.35 bits per heavy atom. The molecular formula is C16H11NO2S. The predicted octanol–water partition coefficient (Wildman–Crippen LogP) is 4.18. The second-order valence-electron chi connectivity index (χ2n) is 4.29. The molecule has 0 spiro atoms. The van der Waals surface area contributed by atoms with E-state index in [0.29, 0.717) is 5.69 Å². The Labute approximate surface area is 120 Å². The molecule has 1 N–H and O–H groups in total. The molecule has 1 heterocycles. The molecule has 0 aliphatic rings. The van der Waals surface area contributed by atoms with Crippen LogP contribution in [0.1, 0.15) is 9.80 Å². The van der Waals surface area contributed by atoms with Crippen molar-refractivity contribution >= 4 is 17.3 Å². The molecule has 2 aromatic carbocycles. The number of carboxylic acid groups (broad SMARTS) is 1. The molecule has 0 bridgehead atoms. The number of aromatic carboxylic acids is 1. The maximum Gasteiger partial charge on any atom is 0.365 e. The third-order valence-electron chi connectivity index (χ3n) is 2.95. The molecule has 3 rings (SSSR count). The quantitative estimate of drug-likeness (QED) is 0.783. The number of carbonyl (C=O) groups is 1. The van der Waals surface area contributed by atoms with E-state index in [4.69, 9.17) is 5.11 Å². The lowest BCUT2D eigenvalue weighted by molar-refractivity contribution is 0.0696. The molecule has 0 unspecified atom stereocenters. The van der Waals surface area contributed by atoms with Crippen molar-refractivity contribution in [1.29, 1.82) is 0 Å². The maximum atomic E-state index is 10.9. The summed E-state index contributed by atoms with van der Waals surface area (Å²) in [6.07, 6.45) is 0. The van der Waals surface area contributed by atoms with Gasteiger partial charge in [-0.25, -0.2) is 9.78 Å². The Morgan fingerprint density at radius 1 is 0.950 bits per heavy atom. The first-order chi connectivity index (χ1) is 9.74. The predicted molar refractivity (Wildman–Crippen MR) is 79.9 cm³/mol. The average Bonchev–Trinajstić information content (AvgIpc) is 2.98. The summed E-state index contributed by atoms with van der Waals surface area (Å²) in [5, 5.41) is 10.8. The minimum Gasteiger partial charge on any atom is -0.476 e. The van der Waals surface area contributed by atoms with Gasteiger partial charge in [0.15, 0.2) is 0 Å². The van der Waals surface area contributed by atoms with Crippen LogP contribution in [0.5, 0.6) is 0 Å². The minimum absolute atomic E-state index is 0.116. The van der Waals surface area contributed by atoms with Crippen LogP contribution in [0.15, 0.2) is 60.0 Å². The fourth-order valence-electron chi connectivity index (χ4n) is 1.99. The van der Waals surface area contributed by atoms with Crippen LogP contribution in [0.3, 0.4) is 0 Å². The van der Waals surface area contributed by atoms with Crippen molar-refractivity contribution in [3.05, 3.63) is 65.0 Å². The lowest BCUT2D eigenvalue weighted by Gasteiger charge is -2.03. The van der Waals surface area contributed by atoms with E-state index in [2.05, 4.69) is 4.98 Å². The molecule has 20 heavy (non-hydrogen) atoms. The minimum atomic E-state index is -0.986. The summed E-state index contributed by atoms with van der Waals surface area (Å²) in [5.74, 6) is -0.986. The molecule has 4 heteroatoms. The maximum absolute atomic E-state index is 10.9. The number of nitrogens with zero attached hydrogens (tertiary/aromatic N) is 1. The molecular weight excluding hydrogens is 270 g/mol. The monoisotopic (exact) mass is 281 g/mol. The van der Waals surface area contributed by atoms with Gasteiger partial charge in [-0.15, -0.1) is 11.3 Å². The van der Waals surface area contributed by atoms with Gasteiger partial charge < -0.3 is 5.11 Å². The topological polar surface area (TPSA) is 50.2 Å². The zero-order valence-corrected chi connectivity index (χ0v) is 11.3. The molecule has 98 valence electrons. The summed E-state index contributed by atoms with van der Waals surface area (Å²) in [6, 6.07) is 18.0. The summed E-state index contributed by atoms with van der Waals surface area (Å²) in [5.41, 5.74) is 3.84. The van der Waals surface area contributed by atoms with Gasteiger partial charge in [0, 0.05) is 10.9 Å². The molecule has 0 saturated heterocycles. The van der Waals surface area contributed by atoms with Crippen molar-refractivity contribution < 1.29 is 9.90 Å². The molecule has 0 fully saturated rings. The van der Waals surface area contributed by atoms with E-state index in [9.17, 15) is 4.79 Å². The SMILES string of the molecule is O=C(O)c1nc(-c2cccc(-c3ccccc3)c2)cs1. The van der Waals surface area contributed by atoms with Crippen molar-refractivity contribution in [2.24, 2.45) is 0 Å². The standard InChI is InChI=1S/C16H11NO2S/c18-16(19)15-17-14(10-20-15)13-8-4-7-12(9-13)11-5-2-1-3-6-11/h1-10H,(H,18,19). The highest BCUT2D eigenvalue weighted by molar-refractivity contribution is 7.11. The second-order valence-corrected chi connectivity index (χ2v) is 5.15. The van der Waals surface area contributed by atoms with Gasteiger partial charge in [0.1, 0.15) is 0 Å². The fourth-order valence-corrected chi connectivity index (χ4v) is 2.66.